The smallest absolute Gasteiger partial charge is 0.325 e. The molecule has 0 radical (unpaired) electrons. The standard InChI is InChI=1S/C19H27N3O3S/c1-12-7-18(3,4)11-19(8-12)16(24)22(17(25)21-19)10-15(23)20-9-14-13(2)5-6-26-14/h5-6,12H,7-11H2,1-4H3,(H,20,23)(H,21,25). The minimum atomic E-state index is -0.858. The van der Waals surface area contributed by atoms with Crippen LogP contribution in [0.5, 0.6) is 0 Å². The van der Waals surface area contributed by atoms with Crippen LogP contribution in [0.25, 0.3) is 0 Å². The van der Waals surface area contributed by atoms with Crippen LogP contribution in [0.3, 0.4) is 0 Å². The molecule has 2 fully saturated rings. The van der Waals surface area contributed by atoms with Crippen LogP contribution in [0.2, 0.25) is 0 Å². The predicted octanol–water partition coefficient (Wildman–Crippen LogP) is 2.81. The number of nitrogens with one attached hydrogen (secondary N) is 2. The van der Waals surface area contributed by atoms with Crippen molar-refractivity contribution in [3.63, 3.8) is 0 Å². The van der Waals surface area contributed by atoms with Crippen LogP contribution in [0.1, 0.15) is 50.5 Å². The van der Waals surface area contributed by atoms with E-state index in [0.29, 0.717) is 25.3 Å². The molecule has 0 bridgehead atoms. The molecule has 1 aromatic heterocycles. The van der Waals surface area contributed by atoms with E-state index in [9.17, 15) is 14.4 Å². The Morgan fingerprint density at radius 3 is 2.73 bits per heavy atom. The van der Waals surface area contributed by atoms with Gasteiger partial charge in [-0.1, -0.05) is 20.8 Å². The van der Waals surface area contributed by atoms with Crippen molar-refractivity contribution >= 4 is 29.2 Å². The van der Waals surface area contributed by atoms with Crippen molar-refractivity contribution in [1.82, 2.24) is 15.5 Å². The average molecular weight is 378 g/mol. The van der Waals surface area contributed by atoms with Crippen LogP contribution in [-0.4, -0.2) is 34.8 Å². The van der Waals surface area contributed by atoms with Crippen molar-refractivity contribution in [2.75, 3.05) is 6.54 Å². The molecule has 1 aliphatic heterocycles. The van der Waals surface area contributed by atoms with Gasteiger partial charge in [-0.3, -0.25) is 14.5 Å². The number of carbonyl (C=O) groups excluding carboxylic acids is 3. The zero-order valence-corrected chi connectivity index (χ0v) is 16.7. The quantitative estimate of drug-likeness (QED) is 0.792. The summed E-state index contributed by atoms with van der Waals surface area (Å²) < 4.78 is 0. The topological polar surface area (TPSA) is 78.5 Å². The fourth-order valence-corrected chi connectivity index (χ4v) is 5.46. The summed E-state index contributed by atoms with van der Waals surface area (Å²) in [7, 11) is 0. The summed E-state index contributed by atoms with van der Waals surface area (Å²) in [5.41, 5.74) is 0.251. The van der Waals surface area contributed by atoms with E-state index in [1.165, 1.54) is 0 Å². The average Bonchev–Trinajstić information content (AvgIpc) is 3.00. The summed E-state index contributed by atoms with van der Waals surface area (Å²) in [4.78, 5) is 39.9. The molecule has 1 spiro atoms. The summed E-state index contributed by atoms with van der Waals surface area (Å²) >= 11 is 1.58. The van der Waals surface area contributed by atoms with Gasteiger partial charge in [0, 0.05) is 4.88 Å². The molecule has 4 amide bonds. The first-order valence-corrected chi connectivity index (χ1v) is 9.94. The zero-order valence-electron chi connectivity index (χ0n) is 15.8. The van der Waals surface area contributed by atoms with Crippen LogP contribution in [0.4, 0.5) is 4.79 Å². The maximum Gasteiger partial charge on any atom is 0.325 e. The highest BCUT2D eigenvalue weighted by atomic mass is 32.1. The summed E-state index contributed by atoms with van der Waals surface area (Å²) in [6.07, 6.45) is 2.27. The summed E-state index contributed by atoms with van der Waals surface area (Å²) in [6, 6.07) is 1.54. The number of hydrogen-bond acceptors (Lipinski definition) is 4. The van der Waals surface area contributed by atoms with Crippen molar-refractivity contribution in [2.24, 2.45) is 11.3 Å². The molecule has 1 aliphatic carbocycles. The van der Waals surface area contributed by atoms with E-state index in [-0.39, 0.29) is 23.8 Å². The number of carbonyl (C=O) groups is 3. The van der Waals surface area contributed by atoms with E-state index in [1.807, 2.05) is 18.4 Å². The molecule has 0 aromatic carbocycles. The first-order chi connectivity index (χ1) is 12.1. The number of thiophene rings is 1. The van der Waals surface area contributed by atoms with Gasteiger partial charge in [0.05, 0.1) is 6.54 Å². The van der Waals surface area contributed by atoms with Crippen molar-refractivity contribution < 1.29 is 14.4 Å². The van der Waals surface area contributed by atoms with Gasteiger partial charge < -0.3 is 10.6 Å². The Bertz CT molecular complexity index is 742. The SMILES string of the molecule is Cc1ccsc1CNC(=O)CN1C(=O)NC2(CC(C)CC(C)(C)C2)C1=O. The molecule has 2 aliphatic rings. The molecule has 3 rings (SSSR count). The van der Waals surface area contributed by atoms with Gasteiger partial charge in [0.1, 0.15) is 12.1 Å². The lowest BCUT2D eigenvalue weighted by Crippen LogP contribution is -2.54. The predicted molar refractivity (Wildman–Crippen MR) is 101 cm³/mol. The summed E-state index contributed by atoms with van der Waals surface area (Å²) in [5.74, 6) is -0.232. The Morgan fingerprint density at radius 1 is 1.38 bits per heavy atom. The van der Waals surface area contributed by atoms with Crippen molar-refractivity contribution in [3.05, 3.63) is 21.9 Å². The van der Waals surface area contributed by atoms with Gasteiger partial charge in [0.25, 0.3) is 5.91 Å². The number of imide groups is 1. The highest BCUT2D eigenvalue weighted by Crippen LogP contribution is 2.46. The minimum Gasteiger partial charge on any atom is -0.350 e. The largest absolute Gasteiger partial charge is 0.350 e. The lowest BCUT2D eigenvalue weighted by molar-refractivity contribution is -0.137. The number of hydrogen-bond donors (Lipinski definition) is 2. The Morgan fingerprint density at radius 2 is 2.12 bits per heavy atom. The molecular formula is C19H27N3O3S. The van der Waals surface area contributed by atoms with Crippen molar-refractivity contribution in [2.45, 2.75) is 59.0 Å². The molecule has 1 saturated carbocycles. The fourth-order valence-electron chi connectivity index (χ4n) is 4.61. The van der Waals surface area contributed by atoms with Gasteiger partial charge in [-0.05, 0) is 54.5 Å². The van der Waals surface area contributed by atoms with Crippen molar-refractivity contribution in [3.8, 4) is 0 Å². The molecule has 1 saturated heterocycles. The molecule has 2 heterocycles. The van der Waals surface area contributed by atoms with E-state index in [4.69, 9.17) is 0 Å². The first-order valence-electron chi connectivity index (χ1n) is 9.06. The molecular weight excluding hydrogens is 350 g/mol. The van der Waals surface area contributed by atoms with E-state index in [2.05, 4.69) is 31.4 Å². The third-order valence-electron chi connectivity index (χ3n) is 5.34. The lowest BCUT2D eigenvalue weighted by Gasteiger charge is -2.43. The monoisotopic (exact) mass is 377 g/mol. The maximum atomic E-state index is 13.0. The summed E-state index contributed by atoms with van der Waals surface area (Å²) in [5, 5.41) is 7.68. The number of rotatable bonds is 4. The van der Waals surface area contributed by atoms with Crippen molar-refractivity contribution in [1.29, 1.82) is 0 Å². The molecule has 1 aromatic rings. The van der Waals surface area contributed by atoms with Crippen LogP contribution < -0.4 is 10.6 Å². The molecule has 6 nitrogen and oxygen atoms in total. The van der Waals surface area contributed by atoms with Crippen LogP contribution >= 0.6 is 11.3 Å². The fraction of sp³-hybridized carbons (Fsp3) is 0.632. The van der Waals surface area contributed by atoms with E-state index in [0.717, 1.165) is 21.8 Å². The van der Waals surface area contributed by atoms with Gasteiger partial charge >= 0.3 is 6.03 Å². The van der Waals surface area contributed by atoms with Gasteiger partial charge in [-0.15, -0.1) is 11.3 Å². The maximum absolute atomic E-state index is 13.0. The van der Waals surface area contributed by atoms with Gasteiger partial charge in [-0.2, -0.15) is 0 Å². The lowest BCUT2D eigenvalue weighted by atomic mass is 9.64. The Labute approximate surface area is 158 Å². The highest BCUT2D eigenvalue weighted by molar-refractivity contribution is 7.10. The third-order valence-corrected chi connectivity index (χ3v) is 6.36. The van der Waals surface area contributed by atoms with Gasteiger partial charge in [0.15, 0.2) is 0 Å². The van der Waals surface area contributed by atoms with Gasteiger partial charge in [0.2, 0.25) is 5.91 Å². The van der Waals surface area contributed by atoms with E-state index in [1.54, 1.807) is 11.3 Å². The number of nitrogens with zero attached hydrogens (tertiary/aromatic N) is 1. The Hall–Kier alpha value is -1.89. The number of urea groups is 1. The third kappa shape index (κ3) is 3.63. The van der Waals surface area contributed by atoms with Crippen LogP contribution in [-0.2, 0) is 16.1 Å². The molecule has 7 heteroatoms. The van der Waals surface area contributed by atoms with E-state index < -0.39 is 11.6 Å². The highest BCUT2D eigenvalue weighted by Gasteiger charge is 2.56. The molecule has 26 heavy (non-hydrogen) atoms. The minimum absolute atomic E-state index is 0.0183. The molecule has 2 unspecified atom stereocenters. The second-order valence-electron chi connectivity index (χ2n) is 8.56. The molecule has 142 valence electrons. The van der Waals surface area contributed by atoms with Gasteiger partial charge in [-0.25, -0.2) is 4.79 Å². The second-order valence-corrected chi connectivity index (χ2v) is 9.56. The first kappa shape index (κ1) is 18.9. The normalized spacial score (nSPS) is 27.7. The molecule has 2 N–H and O–H groups in total. The number of amides is 4. The Kier molecular flexibility index (Phi) is 4.86. The summed E-state index contributed by atoms with van der Waals surface area (Å²) in [6.45, 7) is 8.55. The van der Waals surface area contributed by atoms with Crippen LogP contribution in [0, 0.1) is 18.3 Å². The number of aryl methyl sites for hydroxylation is 1. The van der Waals surface area contributed by atoms with E-state index >= 15 is 0 Å². The zero-order chi connectivity index (χ0) is 19.1. The Balaban J connectivity index is 1.65. The second kappa shape index (κ2) is 6.68. The molecule has 2 atom stereocenters. The van der Waals surface area contributed by atoms with Crippen LogP contribution in [0.15, 0.2) is 11.4 Å².